The fraction of sp³-hybridized carbons (Fsp3) is 0.611. The summed E-state index contributed by atoms with van der Waals surface area (Å²) in [5, 5.41) is -0.0503. The van der Waals surface area contributed by atoms with Crippen LogP contribution in [0.4, 0.5) is 8.78 Å². The molecule has 1 aliphatic rings. The van der Waals surface area contributed by atoms with Gasteiger partial charge in [-0.2, -0.15) is 4.31 Å². The standard InChI is InChI=1S/C18H25ClF2N2O5S/c1-12-9-23(10-13(2)28-12)29(25,26)16-8-14(4-5-15(16)19)18(24)22(6-7-27-3)11-17(20)21/h4-5,8,12-13,17H,6-7,9-11H2,1-3H3. The highest BCUT2D eigenvalue weighted by Gasteiger charge is 2.34. The van der Waals surface area contributed by atoms with Gasteiger partial charge in [0, 0.05) is 32.3 Å². The van der Waals surface area contributed by atoms with Crippen LogP contribution < -0.4 is 0 Å². The minimum absolute atomic E-state index is 0.0425. The van der Waals surface area contributed by atoms with Crippen LogP contribution in [-0.2, 0) is 19.5 Å². The van der Waals surface area contributed by atoms with Crippen LogP contribution in [0.3, 0.4) is 0 Å². The van der Waals surface area contributed by atoms with E-state index >= 15 is 0 Å². The summed E-state index contributed by atoms with van der Waals surface area (Å²) >= 11 is 6.12. The third-order valence-corrected chi connectivity index (χ3v) is 6.71. The first-order chi connectivity index (χ1) is 13.6. The summed E-state index contributed by atoms with van der Waals surface area (Å²) < 4.78 is 63.6. The summed E-state index contributed by atoms with van der Waals surface area (Å²) in [5.74, 6) is -0.723. The van der Waals surface area contributed by atoms with Crippen molar-refractivity contribution in [2.75, 3.05) is 39.9 Å². The molecule has 11 heteroatoms. The smallest absolute Gasteiger partial charge is 0.255 e. The zero-order chi connectivity index (χ0) is 21.8. The molecule has 2 unspecified atom stereocenters. The molecule has 0 bridgehead atoms. The molecule has 0 aliphatic carbocycles. The largest absolute Gasteiger partial charge is 0.383 e. The SMILES string of the molecule is COCCN(CC(F)F)C(=O)c1ccc(Cl)c(S(=O)(=O)N2CC(C)OC(C)C2)c1. The molecule has 0 N–H and O–H groups in total. The Bertz CT molecular complexity index is 814. The van der Waals surface area contributed by atoms with Crippen LogP contribution in [0.15, 0.2) is 23.1 Å². The molecule has 1 aromatic carbocycles. The van der Waals surface area contributed by atoms with E-state index in [0.717, 1.165) is 11.0 Å². The van der Waals surface area contributed by atoms with Gasteiger partial charge in [0.1, 0.15) is 4.90 Å². The molecule has 1 aromatic rings. The maximum Gasteiger partial charge on any atom is 0.255 e. The van der Waals surface area contributed by atoms with Crippen molar-refractivity contribution in [3.05, 3.63) is 28.8 Å². The van der Waals surface area contributed by atoms with Gasteiger partial charge < -0.3 is 14.4 Å². The van der Waals surface area contributed by atoms with Gasteiger partial charge in [0.2, 0.25) is 10.0 Å². The Hall–Kier alpha value is -1.33. The van der Waals surface area contributed by atoms with E-state index in [4.69, 9.17) is 21.1 Å². The molecule has 1 fully saturated rings. The van der Waals surface area contributed by atoms with Crippen LogP contribution in [0.1, 0.15) is 24.2 Å². The van der Waals surface area contributed by atoms with Crippen molar-refractivity contribution in [2.45, 2.75) is 37.4 Å². The number of halogens is 3. The number of methoxy groups -OCH3 is 1. The number of carbonyl (C=O) groups is 1. The normalized spacial score (nSPS) is 20.8. The molecule has 1 aliphatic heterocycles. The van der Waals surface area contributed by atoms with Crippen molar-refractivity contribution < 1.29 is 31.5 Å². The van der Waals surface area contributed by atoms with E-state index in [9.17, 15) is 22.0 Å². The van der Waals surface area contributed by atoms with E-state index in [0.29, 0.717) is 0 Å². The maximum absolute atomic E-state index is 13.1. The van der Waals surface area contributed by atoms with Crippen molar-refractivity contribution in [1.82, 2.24) is 9.21 Å². The van der Waals surface area contributed by atoms with Crippen molar-refractivity contribution in [2.24, 2.45) is 0 Å². The number of carbonyl (C=O) groups excluding carboxylic acids is 1. The number of morpholine rings is 1. The van der Waals surface area contributed by atoms with E-state index in [-0.39, 0.29) is 53.9 Å². The number of benzene rings is 1. The second-order valence-corrected chi connectivity index (χ2v) is 9.17. The van der Waals surface area contributed by atoms with Gasteiger partial charge in [0.15, 0.2) is 0 Å². The third kappa shape index (κ3) is 6.08. The quantitative estimate of drug-likeness (QED) is 0.603. The first-order valence-electron chi connectivity index (χ1n) is 9.07. The Morgan fingerprint density at radius 3 is 2.52 bits per heavy atom. The lowest BCUT2D eigenvalue weighted by molar-refractivity contribution is -0.0440. The molecule has 1 saturated heterocycles. The van der Waals surface area contributed by atoms with Crippen LogP contribution in [0.2, 0.25) is 5.02 Å². The summed E-state index contributed by atoms with van der Waals surface area (Å²) in [6.45, 7) is 3.05. The topological polar surface area (TPSA) is 76.2 Å². The van der Waals surface area contributed by atoms with Crippen molar-refractivity contribution in [3.8, 4) is 0 Å². The number of amides is 1. The zero-order valence-electron chi connectivity index (χ0n) is 16.5. The van der Waals surface area contributed by atoms with Crippen LogP contribution >= 0.6 is 11.6 Å². The molecule has 2 atom stereocenters. The van der Waals surface area contributed by atoms with E-state index in [1.165, 1.54) is 23.5 Å². The van der Waals surface area contributed by atoms with Crippen LogP contribution in [0.25, 0.3) is 0 Å². The van der Waals surface area contributed by atoms with Gasteiger partial charge in [-0.05, 0) is 32.0 Å². The predicted octanol–water partition coefficient (Wildman–Crippen LogP) is 2.49. The Kier molecular flexibility index (Phi) is 8.36. The molecule has 0 spiro atoms. The van der Waals surface area contributed by atoms with Gasteiger partial charge in [0.05, 0.1) is 30.4 Å². The predicted molar refractivity (Wildman–Crippen MR) is 104 cm³/mol. The summed E-state index contributed by atoms with van der Waals surface area (Å²) in [6, 6.07) is 3.74. The number of sulfonamides is 1. The van der Waals surface area contributed by atoms with Crippen molar-refractivity contribution in [1.29, 1.82) is 0 Å². The molecule has 1 heterocycles. The Morgan fingerprint density at radius 2 is 1.97 bits per heavy atom. The summed E-state index contributed by atoms with van der Waals surface area (Å²) in [4.78, 5) is 13.4. The number of alkyl halides is 2. The van der Waals surface area contributed by atoms with Gasteiger partial charge >= 0.3 is 0 Å². The average Bonchev–Trinajstić information content (AvgIpc) is 2.63. The maximum atomic E-state index is 13.1. The Labute approximate surface area is 174 Å². The third-order valence-electron chi connectivity index (χ3n) is 4.39. The van der Waals surface area contributed by atoms with Crippen molar-refractivity contribution in [3.63, 3.8) is 0 Å². The highest BCUT2D eigenvalue weighted by molar-refractivity contribution is 7.89. The molecular formula is C18H25ClF2N2O5S. The van der Waals surface area contributed by atoms with E-state index < -0.39 is 28.9 Å². The summed E-state index contributed by atoms with van der Waals surface area (Å²) in [5.41, 5.74) is -0.0425. The number of hydrogen-bond acceptors (Lipinski definition) is 5. The number of nitrogens with zero attached hydrogens (tertiary/aromatic N) is 2. The lowest BCUT2D eigenvalue weighted by Gasteiger charge is -2.34. The second-order valence-electron chi connectivity index (χ2n) is 6.86. The fourth-order valence-electron chi connectivity index (χ4n) is 3.13. The first-order valence-corrected chi connectivity index (χ1v) is 10.9. The molecule has 0 radical (unpaired) electrons. The van der Waals surface area contributed by atoms with Crippen LogP contribution in [0.5, 0.6) is 0 Å². The summed E-state index contributed by atoms with van der Waals surface area (Å²) in [6.07, 6.45) is -3.33. The van der Waals surface area contributed by atoms with Crippen molar-refractivity contribution >= 4 is 27.5 Å². The molecule has 2 rings (SSSR count). The minimum Gasteiger partial charge on any atom is -0.383 e. The summed E-state index contributed by atoms with van der Waals surface area (Å²) in [7, 11) is -2.61. The fourth-order valence-corrected chi connectivity index (χ4v) is 5.22. The monoisotopic (exact) mass is 454 g/mol. The lowest BCUT2D eigenvalue weighted by atomic mass is 10.2. The first kappa shape index (κ1) is 23.9. The molecule has 0 saturated carbocycles. The molecule has 164 valence electrons. The highest BCUT2D eigenvalue weighted by Crippen LogP contribution is 2.28. The molecule has 29 heavy (non-hydrogen) atoms. The van der Waals surface area contributed by atoms with Gasteiger partial charge in [-0.15, -0.1) is 0 Å². The van der Waals surface area contributed by atoms with E-state index in [1.54, 1.807) is 13.8 Å². The molecular weight excluding hydrogens is 430 g/mol. The van der Waals surface area contributed by atoms with Crippen LogP contribution in [0, 0.1) is 0 Å². The molecule has 0 aromatic heterocycles. The van der Waals surface area contributed by atoms with Gasteiger partial charge in [-0.1, -0.05) is 11.6 Å². The van der Waals surface area contributed by atoms with Crippen LogP contribution in [-0.4, -0.2) is 82.1 Å². The minimum atomic E-state index is -4.00. The zero-order valence-corrected chi connectivity index (χ0v) is 18.0. The van der Waals surface area contributed by atoms with E-state index in [2.05, 4.69) is 0 Å². The lowest BCUT2D eigenvalue weighted by Crippen LogP contribution is -2.48. The molecule has 7 nitrogen and oxygen atoms in total. The Morgan fingerprint density at radius 1 is 1.34 bits per heavy atom. The highest BCUT2D eigenvalue weighted by atomic mass is 35.5. The van der Waals surface area contributed by atoms with Gasteiger partial charge in [-0.25, -0.2) is 17.2 Å². The number of ether oxygens (including phenoxy) is 2. The average molecular weight is 455 g/mol. The molecule has 1 amide bonds. The van der Waals surface area contributed by atoms with Gasteiger partial charge in [0.25, 0.3) is 12.3 Å². The van der Waals surface area contributed by atoms with E-state index in [1.807, 2.05) is 0 Å². The number of rotatable bonds is 8. The second kappa shape index (κ2) is 10.1. The Balaban J connectivity index is 2.36. The number of hydrogen-bond donors (Lipinski definition) is 0. The van der Waals surface area contributed by atoms with Gasteiger partial charge in [-0.3, -0.25) is 4.79 Å².